The molecule has 5 nitrogen and oxygen atoms in total. The van der Waals surface area contributed by atoms with Crippen LogP contribution in [0.4, 0.5) is 4.39 Å². The second-order valence-corrected chi connectivity index (χ2v) is 8.08. The van der Waals surface area contributed by atoms with E-state index >= 15 is 0 Å². The molecule has 2 amide bonds. The van der Waals surface area contributed by atoms with Crippen LogP contribution in [0.25, 0.3) is 0 Å². The minimum atomic E-state index is -0.339. The largest absolute Gasteiger partial charge is 0.339 e. The van der Waals surface area contributed by atoms with E-state index in [2.05, 4.69) is 5.32 Å². The number of fused-ring (bicyclic) bond motifs is 1. The molecule has 3 atom stereocenters. The van der Waals surface area contributed by atoms with Gasteiger partial charge in [-0.15, -0.1) is 0 Å². The van der Waals surface area contributed by atoms with E-state index in [1.807, 2.05) is 4.90 Å². The first-order valence-electron chi connectivity index (χ1n) is 10.2. The zero-order chi connectivity index (χ0) is 18.8. The fourth-order valence-corrected chi connectivity index (χ4v) is 4.82. The Morgan fingerprint density at radius 1 is 1.04 bits per heavy atom. The quantitative estimate of drug-likeness (QED) is 0.881. The highest BCUT2D eigenvalue weighted by molar-refractivity contribution is 5.83. The lowest BCUT2D eigenvalue weighted by Crippen LogP contribution is -2.54. The Balaban J connectivity index is 1.28. The monoisotopic (exact) mass is 373 g/mol. The second-order valence-electron chi connectivity index (χ2n) is 8.08. The Morgan fingerprint density at radius 3 is 2.48 bits per heavy atom. The molecule has 2 saturated heterocycles. The zero-order valence-electron chi connectivity index (χ0n) is 15.7. The van der Waals surface area contributed by atoms with Gasteiger partial charge in [0.25, 0.3) is 0 Å². The van der Waals surface area contributed by atoms with E-state index in [0.29, 0.717) is 43.7 Å². The maximum absolute atomic E-state index is 13.8. The van der Waals surface area contributed by atoms with Gasteiger partial charge in [-0.2, -0.15) is 0 Å². The Bertz CT molecular complexity index is 688. The lowest BCUT2D eigenvalue weighted by Gasteiger charge is -2.36. The van der Waals surface area contributed by atoms with Gasteiger partial charge in [-0.3, -0.25) is 9.59 Å². The molecule has 3 aliphatic rings. The molecular formula is C21H28FN3O2. The molecule has 3 unspecified atom stereocenters. The normalized spacial score (nSPS) is 28.1. The fourth-order valence-electron chi connectivity index (χ4n) is 4.82. The van der Waals surface area contributed by atoms with Crippen LogP contribution in [0.15, 0.2) is 24.3 Å². The summed E-state index contributed by atoms with van der Waals surface area (Å²) in [5.74, 6) is 0.424. The molecule has 1 aromatic rings. The summed E-state index contributed by atoms with van der Waals surface area (Å²) >= 11 is 0. The van der Waals surface area contributed by atoms with Crippen LogP contribution >= 0.6 is 0 Å². The Kier molecular flexibility index (Phi) is 5.43. The van der Waals surface area contributed by atoms with Crippen molar-refractivity contribution in [2.24, 2.45) is 5.92 Å². The van der Waals surface area contributed by atoms with Gasteiger partial charge < -0.3 is 15.1 Å². The Hall–Kier alpha value is -1.95. The third-order valence-electron chi connectivity index (χ3n) is 6.40. The van der Waals surface area contributed by atoms with Gasteiger partial charge in [0, 0.05) is 32.2 Å². The number of benzene rings is 1. The lowest BCUT2D eigenvalue weighted by atomic mass is 9.85. The molecule has 0 radical (unpaired) electrons. The van der Waals surface area contributed by atoms with Crippen molar-refractivity contribution in [2.75, 3.05) is 26.2 Å². The summed E-state index contributed by atoms with van der Waals surface area (Å²) in [5, 5.41) is 3.55. The first-order chi connectivity index (χ1) is 13.1. The average molecular weight is 373 g/mol. The summed E-state index contributed by atoms with van der Waals surface area (Å²) in [6.45, 7) is 2.18. The first kappa shape index (κ1) is 18.4. The molecule has 146 valence electrons. The zero-order valence-corrected chi connectivity index (χ0v) is 15.7. The van der Waals surface area contributed by atoms with Crippen molar-refractivity contribution < 1.29 is 14.0 Å². The van der Waals surface area contributed by atoms with Crippen molar-refractivity contribution in [1.29, 1.82) is 0 Å². The third-order valence-corrected chi connectivity index (χ3v) is 6.40. The number of amides is 2. The molecule has 4 rings (SSSR count). The van der Waals surface area contributed by atoms with Crippen LogP contribution < -0.4 is 5.32 Å². The smallest absolute Gasteiger partial charge is 0.239 e. The first-order valence-corrected chi connectivity index (χ1v) is 10.2. The van der Waals surface area contributed by atoms with Crippen molar-refractivity contribution in [3.8, 4) is 0 Å². The van der Waals surface area contributed by atoms with Gasteiger partial charge in [0.1, 0.15) is 5.82 Å². The molecule has 0 bridgehead atoms. The number of piperazine rings is 1. The van der Waals surface area contributed by atoms with E-state index in [4.69, 9.17) is 0 Å². The lowest BCUT2D eigenvalue weighted by molar-refractivity contribution is -0.140. The molecule has 1 aliphatic carbocycles. The molecule has 27 heavy (non-hydrogen) atoms. The minimum Gasteiger partial charge on any atom is -0.339 e. The highest BCUT2D eigenvalue weighted by Gasteiger charge is 2.40. The number of hydrogen-bond donors (Lipinski definition) is 1. The second kappa shape index (κ2) is 7.97. The highest BCUT2D eigenvalue weighted by Crippen LogP contribution is 2.33. The molecule has 0 spiro atoms. The molecule has 2 heterocycles. The summed E-state index contributed by atoms with van der Waals surface area (Å²) < 4.78 is 13.8. The molecule has 1 saturated carbocycles. The number of halogens is 1. The van der Waals surface area contributed by atoms with Gasteiger partial charge in [0.15, 0.2) is 0 Å². The number of rotatable bonds is 3. The minimum absolute atomic E-state index is 0.0567. The topological polar surface area (TPSA) is 52.7 Å². The van der Waals surface area contributed by atoms with Crippen LogP contribution in [0.1, 0.15) is 37.7 Å². The molecule has 3 fully saturated rings. The third kappa shape index (κ3) is 4.00. The predicted molar refractivity (Wildman–Crippen MR) is 101 cm³/mol. The maximum Gasteiger partial charge on any atom is 0.239 e. The van der Waals surface area contributed by atoms with E-state index in [9.17, 15) is 14.0 Å². The van der Waals surface area contributed by atoms with E-state index in [1.54, 1.807) is 23.1 Å². The van der Waals surface area contributed by atoms with Crippen molar-refractivity contribution in [1.82, 2.24) is 15.1 Å². The van der Waals surface area contributed by atoms with Gasteiger partial charge in [0.2, 0.25) is 11.8 Å². The number of carbonyl (C=O) groups excluding carboxylic acids is 2. The molecule has 1 N–H and O–H groups in total. The maximum atomic E-state index is 13.8. The van der Waals surface area contributed by atoms with E-state index in [1.165, 1.54) is 31.7 Å². The highest BCUT2D eigenvalue weighted by atomic mass is 19.1. The Labute approximate surface area is 159 Å². The van der Waals surface area contributed by atoms with Crippen LogP contribution in [0, 0.1) is 11.7 Å². The van der Waals surface area contributed by atoms with Crippen molar-refractivity contribution in [3.05, 3.63) is 35.6 Å². The number of nitrogens with zero attached hydrogens (tertiary/aromatic N) is 2. The fraction of sp³-hybridized carbons (Fsp3) is 0.619. The molecule has 0 aromatic heterocycles. The molecule has 2 aliphatic heterocycles. The summed E-state index contributed by atoms with van der Waals surface area (Å²) in [7, 11) is 0. The van der Waals surface area contributed by atoms with Gasteiger partial charge in [-0.1, -0.05) is 31.0 Å². The average Bonchev–Trinajstić information content (AvgIpc) is 3.13. The van der Waals surface area contributed by atoms with Crippen LogP contribution in [0.5, 0.6) is 0 Å². The summed E-state index contributed by atoms with van der Waals surface area (Å²) in [6, 6.07) is 6.86. The van der Waals surface area contributed by atoms with Crippen LogP contribution in [-0.4, -0.2) is 59.9 Å². The van der Waals surface area contributed by atoms with Crippen molar-refractivity contribution >= 4 is 11.8 Å². The number of carbonyl (C=O) groups is 2. The van der Waals surface area contributed by atoms with Crippen molar-refractivity contribution in [2.45, 2.75) is 50.6 Å². The number of hydrogen-bond acceptors (Lipinski definition) is 3. The molecule has 1 aromatic carbocycles. The summed E-state index contributed by atoms with van der Waals surface area (Å²) in [5.41, 5.74) is 0.429. The van der Waals surface area contributed by atoms with Gasteiger partial charge in [-0.05, 0) is 36.8 Å². The van der Waals surface area contributed by atoms with E-state index < -0.39 is 0 Å². The van der Waals surface area contributed by atoms with Gasteiger partial charge >= 0.3 is 0 Å². The number of nitrogens with one attached hydrogen (secondary N) is 1. The van der Waals surface area contributed by atoms with E-state index in [-0.39, 0.29) is 30.1 Å². The van der Waals surface area contributed by atoms with Crippen LogP contribution in [-0.2, 0) is 16.0 Å². The van der Waals surface area contributed by atoms with Gasteiger partial charge in [-0.25, -0.2) is 4.39 Å². The predicted octanol–water partition coefficient (Wildman–Crippen LogP) is 1.96. The van der Waals surface area contributed by atoms with Crippen LogP contribution in [0.2, 0.25) is 0 Å². The van der Waals surface area contributed by atoms with Gasteiger partial charge in [0.05, 0.1) is 12.5 Å². The molecule has 6 heteroatoms. The molecular weight excluding hydrogens is 345 g/mol. The summed E-state index contributed by atoms with van der Waals surface area (Å²) in [4.78, 5) is 29.0. The van der Waals surface area contributed by atoms with Crippen LogP contribution in [0.3, 0.4) is 0 Å². The Morgan fingerprint density at radius 2 is 1.74 bits per heavy atom. The van der Waals surface area contributed by atoms with E-state index in [0.717, 1.165) is 6.42 Å². The SMILES string of the molecule is O=C(Cc1ccccc1F)N1CCN(C(=O)C2CC3CCCCC3N2)CC1. The summed E-state index contributed by atoms with van der Waals surface area (Å²) in [6.07, 6.45) is 6.00. The standard InChI is InChI=1S/C21H28FN3O2/c22-17-7-3-1-5-15(17)14-20(26)24-9-11-25(12-10-24)21(27)19-13-16-6-2-4-8-18(16)23-19/h1,3,5,7,16,18-19,23H,2,4,6,8-14H2. The van der Waals surface area contributed by atoms with Crippen molar-refractivity contribution in [3.63, 3.8) is 0 Å².